The number of nitrogens with zero attached hydrogens (tertiary/aromatic N) is 1. The van der Waals surface area contributed by atoms with Crippen molar-refractivity contribution in [2.75, 3.05) is 11.9 Å². The van der Waals surface area contributed by atoms with E-state index in [1.807, 2.05) is 26.0 Å². The van der Waals surface area contributed by atoms with Gasteiger partial charge in [-0.15, -0.1) is 0 Å². The summed E-state index contributed by atoms with van der Waals surface area (Å²) in [7, 11) is 0. The lowest BCUT2D eigenvalue weighted by Gasteiger charge is -2.23. The second-order valence-electron chi connectivity index (χ2n) is 5.24. The fourth-order valence-electron chi connectivity index (χ4n) is 2.56. The molecule has 2 rings (SSSR count). The van der Waals surface area contributed by atoms with Crippen molar-refractivity contribution in [1.29, 1.82) is 0 Å². The highest BCUT2D eigenvalue weighted by Gasteiger charge is 2.39. The first kappa shape index (κ1) is 15.8. The lowest BCUT2D eigenvalue weighted by atomic mass is 10.1. The number of carboxylic acids is 1. The van der Waals surface area contributed by atoms with Crippen molar-refractivity contribution in [2.24, 2.45) is 0 Å². The molecule has 0 saturated carbocycles. The molecule has 7 heteroatoms. The van der Waals surface area contributed by atoms with Crippen LogP contribution >= 0.6 is 15.9 Å². The number of urea groups is 1. The first-order valence-electron chi connectivity index (χ1n) is 6.55. The van der Waals surface area contributed by atoms with E-state index in [0.717, 1.165) is 20.5 Å². The summed E-state index contributed by atoms with van der Waals surface area (Å²) in [6, 6.07) is 2.25. The van der Waals surface area contributed by atoms with Gasteiger partial charge in [0.2, 0.25) is 0 Å². The molecule has 2 amide bonds. The van der Waals surface area contributed by atoms with E-state index in [9.17, 15) is 14.7 Å². The molecule has 2 atom stereocenters. The van der Waals surface area contributed by atoms with Gasteiger partial charge in [0.05, 0.1) is 6.10 Å². The van der Waals surface area contributed by atoms with Gasteiger partial charge >= 0.3 is 12.0 Å². The maximum Gasteiger partial charge on any atom is 0.326 e. The number of hydrogen-bond donors (Lipinski definition) is 3. The molecule has 1 fully saturated rings. The number of likely N-dealkylation sites (tertiary alicyclic amines) is 1. The molecule has 21 heavy (non-hydrogen) atoms. The van der Waals surface area contributed by atoms with Crippen LogP contribution in [-0.4, -0.2) is 45.8 Å². The van der Waals surface area contributed by atoms with Gasteiger partial charge in [0, 0.05) is 23.1 Å². The molecular formula is C14H17BrN2O4. The summed E-state index contributed by atoms with van der Waals surface area (Å²) in [4.78, 5) is 24.6. The van der Waals surface area contributed by atoms with Crippen LogP contribution in [0.4, 0.5) is 10.5 Å². The number of carbonyl (C=O) groups is 2. The summed E-state index contributed by atoms with van der Waals surface area (Å²) in [5.74, 6) is -1.11. The molecule has 3 N–H and O–H groups in total. The van der Waals surface area contributed by atoms with E-state index in [2.05, 4.69) is 21.2 Å². The normalized spacial score (nSPS) is 21.4. The van der Waals surface area contributed by atoms with Crippen LogP contribution in [0.3, 0.4) is 0 Å². The molecule has 1 aromatic rings. The fourth-order valence-corrected chi connectivity index (χ4v) is 3.25. The summed E-state index contributed by atoms with van der Waals surface area (Å²) >= 11 is 3.38. The highest BCUT2D eigenvalue weighted by molar-refractivity contribution is 9.10. The molecule has 1 aromatic carbocycles. The number of aliphatic hydroxyl groups excluding tert-OH is 1. The van der Waals surface area contributed by atoms with Crippen LogP contribution in [0, 0.1) is 13.8 Å². The molecule has 0 spiro atoms. The number of carboxylic acid groups (broad SMARTS) is 1. The average Bonchev–Trinajstić information content (AvgIpc) is 2.76. The Hall–Kier alpha value is -1.60. The number of aliphatic hydroxyl groups is 1. The van der Waals surface area contributed by atoms with Crippen molar-refractivity contribution in [3.8, 4) is 0 Å². The van der Waals surface area contributed by atoms with Gasteiger partial charge in [-0.25, -0.2) is 9.59 Å². The summed E-state index contributed by atoms with van der Waals surface area (Å²) in [5, 5.41) is 21.5. The molecule has 1 saturated heterocycles. The standard InChI is InChI=1S/C14H17BrN2O4/c1-7-3-9(15)4-8(2)12(7)16-14(21)17-6-10(18)5-11(17)13(19)20/h3-4,10-11,18H,5-6H2,1-2H3,(H,16,21)(H,19,20)/t10-,11-/m0/s1. The van der Waals surface area contributed by atoms with E-state index in [-0.39, 0.29) is 13.0 Å². The molecule has 1 aliphatic rings. The zero-order valence-electron chi connectivity index (χ0n) is 11.8. The summed E-state index contributed by atoms with van der Waals surface area (Å²) < 4.78 is 0.913. The quantitative estimate of drug-likeness (QED) is 0.756. The molecule has 1 heterocycles. The number of halogens is 1. The lowest BCUT2D eigenvalue weighted by molar-refractivity contribution is -0.141. The van der Waals surface area contributed by atoms with Gasteiger partial charge in [0.1, 0.15) is 6.04 Å². The number of β-amino-alcohol motifs (C(OH)–C–C–N with tert-alkyl or cyclic N) is 1. The van der Waals surface area contributed by atoms with Crippen molar-refractivity contribution in [3.63, 3.8) is 0 Å². The Morgan fingerprint density at radius 2 is 1.90 bits per heavy atom. The van der Waals surface area contributed by atoms with Gasteiger partial charge in [-0.05, 0) is 37.1 Å². The van der Waals surface area contributed by atoms with E-state index < -0.39 is 24.1 Å². The Bertz CT molecular complexity index is 567. The highest BCUT2D eigenvalue weighted by Crippen LogP contribution is 2.26. The highest BCUT2D eigenvalue weighted by atomic mass is 79.9. The molecule has 0 radical (unpaired) electrons. The second kappa shape index (κ2) is 6.03. The van der Waals surface area contributed by atoms with Crippen molar-refractivity contribution in [3.05, 3.63) is 27.7 Å². The van der Waals surface area contributed by atoms with Gasteiger partial charge < -0.3 is 20.4 Å². The van der Waals surface area contributed by atoms with Crippen molar-refractivity contribution >= 4 is 33.6 Å². The van der Waals surface area contributed by atoms with Crippen LogP contribution < -0.4 is 5.32 Å². The number of benzene rings is 1. The Labute approximate surface area is 130 Å². The minimum atomic E-state index is -1.11. The van der Waals surface area contributed by atoms with Gasteiger partial charge in [0.15, 0.2) is 0 Å². The summed E-state index contributed by atoms with van der Waals surface area (Å²) in [5.41, 5.74) is 2.41. The van der Waals surface area contributed by atoms with Crippen LogP contribution in [-0.2, 0) is 4.79 Å². The molecule has 6 nitrogen and oxygen atoms in total. The van der Waals surface area contributed by atoms with Crippen LogP contribution in [0.25, 0.3) is 0 Å². The second-order valence-corrected chi connectivity index (χ2v) is 6.16. The first-order valence-corrected chi connectivity index (χ1v) is 7.34. The van der Waals surface area contributed by atoms with Crippen LogP contribution in [0.2, 0.25) is 0 Å². The first-order chi connectivity index (χ1) is 9.79. The zero-order valence-corrected chi connectivity index (χ0v) is 13.3. The molecule has 0 aromatic heterocycles. The van der Waals surface area contributed by atoms with Crippen molar-refractivity contribution in [2.45, 2.75) is 32.4 Å². The number of hydrogen-bond acceptors (Lipinski definition) is 3. The summed E-state index contributed by atoms with van der Waals surface area (Å²) in [6.45, 7) is 3.75. The van der Waals surface area contributed by atoms with Crippen molar-refractivity contribution < 1.29 is 19.8 Å². The molecule has 0 aliphatic carbocycles. The van der Waals surface area contributed by atoms with E-state index in [1.54, 1.807) is 0 Å². The number of carbonyl (C=O) groups excluding carboxylic acids is 1. The Kier molecular flexibility index (Phi) is 4.53. The smallest absolute Gasteiger partial charge is 0.326 e. The number of nitrogens with one attached hydrogen (secondary N) is 1. The predicted octanol–water partition coefficient (Wildman–Crippen LogP) is 2.12. The number of aliphatic carboxylic acids is 1. The predicted molar refractivity (Wildman–Crippen MR) is 81.4 cm³/mol. The molecule has 114 valence electrons. The average molecular weight is 357 g/mol. The van der Waals surface area contributed by atoms with Crippen LogP contribution in [0.15, 0.2) is 16.6 Å². The fraction of sp³-hybridized carbons (Fsp3) is 0.429. The third-order valence-corrected chi connectivity index (χ3v) is 4.01. The Morgan fingerprint density at radius 3 is 2.43 bits per heavy atom. The van der Waals surface area contributed by atoms with Crippen LogP contribution in [0.1, 0.15) is 17.5 Å². The maximum atomic E-state index is 12.3. The number of rotatable bonds is 2. The third-order valence-electron chi connectivity index (χ3n) is 3.55. The van der Waals surface area contributed by atoms with Gasteiger partial charge in [0.25, 0.3) is 0 Å². The number of anilines is 1. The topological polar surface area (TPSA) is 89.9 Å². The van der Waals surface area contributed by atoms with Crippen LogP contribution in [0.5, 0.6) is 0 Å². The molecule has 0 unspecified atom stereocenters. The minimum absolute atomic E-state index is 0.0252. The molecule has 1 aliphatic heterocycles. The lowest BCUT2D eigenvalue weighted by Crippen LogP contribution is -2.43. The van der Waals surface area contributed by atoms with Gasteiger partial charge in [-0.3, -0.25) is 0 Å². The summed E-state index contributed by atoms with van der Waals surface area (Å²) in [6.07, 6.45) is -0.745. The van der Waals surface area contributed by atoms with E-state index >= 15 is 0 Å². The number of amides is 2. The van der Waals surface area contributed by atoms with E-state index in [1.165, 1.54) is 0 Å². The SMILES string of the molecule is Cc1cc(Br)cc(C)c1NC(=O)N1C[C@@H](O)C[C@H]1C(=O)O. The van der Waals surface area contributed by atoms with Gasteiger partial charge in [-0.1, -0.05) is 15.9 Å². The van der Waals surface area contributed by atoms with E-state index in [4.69, 9.17) is 5.11 Å². The maximum absolute atomic E-state index is 12.3. The largest absolute Gasteiger partial charge is 0.480 e. The monoisotopic (exact) mass is 356 g/mol. The van der Waals surface area contributed by atoms with E-state index in [0.29, 0.717) is 5.69 Å². The molecular weight excluding hydrogens is 340 g/mol. The minimum Gasteiger partial charge on any atom is -0.480 e. The van der Waals surface area contributed by atoms with Crippen molar-refractivity contribution in [1.82, 2.24) is 4.90 Å². The zero-order chi connectivity index (χ0) is 15.7. The Morgan fingerprint density at radius 1 is 1.33 bits per heavy atom. The van der Waals surface area contributed by atoms with Gasteiger partial charge in [-0.2, -0.15) is 0 Å². The third kappa shape index (κ3) is 3.36. The molecule has 0 bridgehead atoms. The number of aryl methyl sites for hydroxylation is 2. The Balaban J connectivity index is 2.20.